The normalized spacial score (nSPS) is 16.2. The molecule has 4 aliphatic rings. The van der Waals surface area contributed by atoms with Crippen molar-refractivity contribution in [3.63, 3.8) is 0 Å². The number of benzene rings is 4. The van der Waals surface area contributed by atoms with Gasteiger partial charge in [0.1, 0.15) is 24.7 Å². The largest absolute Gasteiger partial charge is 0.364 e. The van der Waals surface area contributed by atoms with Crippen LogP contribution in [0.15, 0.2) is 77.9 Å². The average molecular weight is 1280 g/mol. The van der Waals surface area contributed by atoms with E-state index in [9.17, 15) is 47.1 Å². The van der Waals surface area contributed by atoms with Crippen molar-refractivity contribution >= 4 is 98.1 Å². The number of aromatic nitrogens is 4. The number of carbonyl (C=O) groups excluding carboxylic acids is 8. The summed E-state index contributed by atoms with van der Waals surface area (Å²) < 4.78 is 30.9. The zero-order chi connectivity index (χ0) is 64.9. The number of nitrogens with one attached hydrogen (secondary N) is 4. The minimum absolute atomic E-state index is 0.0195. The minimum Gasteiger partial charge on any atom is -0.364 e. The summed E-state index contributed by atoms with van der Waals surface area (Å²) in [5, 5.41) is 23.5. The van der Waals surface area contributed by atoms with Gasteiger partial charge in [-0.25, -0.2) is 13.6 Å². The molecule has 26 nitrogen and oxygen atoms in total. The molecule has 2 aliphatic carbocycles. The van der Waals surface area contributed by atoms with Crippen LogP contribution in [0.5, 0.6) is 0 Å². The Kier molecular flexibility index (Phi) is 22.8. The van der Waals surface area contributed by atoms with Gasteiger partial charge in [0.2, 0.25) is 29.5 Å². The third kappa shape index (κ3) is 17.5. The number of hydrogen-bond acceptors (Lipinski definition) is 13. The van der Waals surface area contributed by atoms with Gasteiger partial charge >= 0.3 is 6.03 Å². The standard InChI is InChI=1S/C30H36ClFN8O4.C23H20ClFN8O4.C7H16N2/c1-37(2)21-6-4-12-38(15-21)30(44)35-19-8-11-24-22(13-19)28(29(33)43)36-40(24)17-26(42)39(20-9-10-20)16-25(41)34-14-18-5-3-7-23(31)27(18)32;24-16-3-1-2-13(20(16)25)9-28-18(34)10-32(14-5-6-14)19(35)11-33-17-7-4-12(23(37)29-31-27)8-15(17)21(30-33)22(26)36;1-9(2)7-4-3-5-8-6-7/h3,5,7-8,11,13,20-21H,4,6,9-10,12,14-17H2,1-2H3,(H2,33,43)(H,34,41)(H,35,44);1-4,7-8,14H,5-6,9-11H2,(H2,26,36)(H,28,34);7-8H,3-6H2,1-2H3. The second-order valence-corrected chi connectivity index (χ2v) is 23.6. The molecule has 478 valence electrons. The van der Waals surface area contributed by atoms with Crippen molar-refractivity contribution in [2.24, 2.45) is 16.6 Å². The van der Waals surface area contributed by atoms with Crippen LogP contribution in [0.1, 0.15) is 93.8 Å². The van der Waals surface area contributed by atoms with E-state index in [1.165, 1.54) is 87.6 Å². The highest BCUT2D eigenvalue weighted by Gasteiger charge is 2.36. The summed E-state index contributed by atoms with van der Waals surface area (Å²) in [5.41, 5.74) is 21.1. The van der Waals surface area contributed by atoms with Gasteiger partial charge in [0, 0.05) is 95.0 Å². The van der Waals surface area contributed by atoms with E-state index in [1.807, 2.05) is 14.1 Å². The second kappa shape index (κ2) is 30.6. The number of halogens is 4. The molecule has 2 unspecified atom stereocenters. The average Bonchev–Trinajstić information content (AvgIpc) is 1.75. The van der Waals surface area contributed by atoms with E-state index >= 15 is 0 Å². The Balaban J connectivity index is 0.000000206. The highest BCUT2D eigenvalue weighted by molar-refractivity contribution is 6.31. The number of likely N-dealkylation sites (N-methyl/N-ethyl adjacent to an activating group) is 2. The Morgan fingerprint density at radius 2 is 1.18 bits per heavy atom. The molecule has 4 aromatic carbocycles. The van der Waals surface area contributed by atoms with Crippen molar-refractivity contribution in [2.75, 3.05) is 72.8 Å². The number of azide groups is 1. The third-order valence-electron chi connectivity index (χ3n) is 15.8. The van der Waals surface area contributed by atoms with Gasteiger partial charge in [0.05, 0.1) is 34.2 Å². The molecule has 0 spiro atoms. The first kappa shape index (κ1) is 67.1. The number of rotatable bonds is 20. The van der Waals surface area contributed by atoms with Crippen LogP contribution in [0, 0.1) is 11.6 Å². The fraction of sp³-hybridized carbons (Fsp3) is 0.433. The zero-order valence-corrected chi connectivity index (χ0v) is 51.8. The maximum atomic E-state index is 14.2. The summed E-state index contributed by atoms with van der Waals surface area (Å²) in [6.45, 7) is 2.47. The lowest BCUT2D eigenvalue weighted by Gasteiger charge is -2.36. The number of anilines is 1. The molecule has 2 aromatic heterocycles. The fourth-order valence-electron chi connectivity index (χ4n) is 10.5. The molecular formula is C60H72Cl2F2N18O8. The molecule has 0 radical (unpaired) electrons. The van der Waals surface area contributed by atoms with Gasteiger partial charge in [-0.15, -0.1) is 0 Å². The summed E-state index contributed by atoms with van der Waals surface area (Å²) in [6.07, 6.45) is 7.57. The predicted molar refractivity (Wildman–Crippen MR) is 333 cm³/mol. The van der Waals surface area contributed by atoms with E-state index in [1.54, 1.807) is 35.2 Å². The van der Waals surface area contributed by atoms with Crippen LogP contribution >= 0.6 is 23.2 Å². The van der Waals surface area contributed by atoms with Gasteiger partial charge in [-0.1, -0.05) is 47.5 Å². The van der Waals surface area contributed by atoms with Crippen LogP contribution in [-0.2, 0) is 45.4 Å². The number of urea groups is 1. The van der Waals surface area contributed by atoms with Crippen LogP contribution in [0.4, 0.5) is 19.3 Å². The number of carbonyl (C=O) groups is 8. The molecule has 2 saturated heterocycles. The molecule has 90 heavy (non-hydrogen) atoms. The second-order valence-electron chi connectivity index (χ2n) is 22.8. The Hall–Kier alpha value is -8.79. The van der Waals surface area contributed by atoms with Crippen molar-refractivity contribution in [3.05, 3.63) is 133 Å². The molecule has 2 atom stereocenters. The Morgan fingerprint density at radius 1 is 0.678 bits per heavy atom. The van der Waals surface area contributed by atoms with E-state index in [0.717, 1.165) is 44.6 Å². The number of nitrogens with zero attached hydrogens (tertiary/aromatic N) is 12. The quantitative estimate of drug-likeness (QED) is 0.0300. The molecule has 4 fully saturated rings. The molecule has 9 amide bonds. The summed E-state index contributed by atoms with van der Waals surface area (Å²) in [4.78, 5) is 113. The van der Waals surface area contributed by atoms with E-state index < -0.39 is 47.1 Å². The van der Waals surface area contributed by atoms with Crippen LogP contribution in [0.3, 0.4) is 0 Å². The third-order valence-corrected chi connectivity index (χ3v) is 16.4. The SMILES string of the molecule is CN(C)C1CCCN(C(=O)Nc2ccc3c(c2)c(C(N)=O)nn3CC(=O)N(CC(=O)NCc2cccc(Cl)c2F)C2CC2)C1.CN(C)C1CCCNC1.[N-]=[N+]=NC(=O)c1ccc2c(c1)c(C(N)=O)nn2CC(=O)N(CC(=O)NCc1cccc(Cl)c1F)C1CC1. The van der Waals surface area contributed by atoms with Crippen molar-refractivity contribution in [1.82, 2.24) is 60.0 Å². The van der Waals surface area contributed by atoms with Crippen LogP contribution in [0.25, 0.3) is 32.2 Å². The van der Waals surface area contributed by atoms with E-state index in [4.69, 9.17) is 40.2 Å². The number of primary amides is 2. The van der Waals surface area contributed by atoms with Crippen LogP contribution < -0.4 is 32.7 Å². The topological polar surface area (TPSA) is 337 Å². The molecule has 6 aromatic rings. The smallest absolute Gasteiger partial charge is 0.321 e. The zero-order valence-electron chi connectivity index (χ0n) is 50.3. The van der Waals surface area contributed by atoms with Gasteiger partial charge in [-0.2, -0.15) is 10.2 Å². The summed E-state index contributed by atoms with van der Waals surface area (Å²) in [7, 11) is 8.30. The fourth-order valence-corrected chi connectivity index (χ4v) is 10.9. The first-order valence-corrected chi connectivity index (χ1v) is 30.0. The molecule has 4 heterocycles. The van der Waals surface area contributed by atoms with Gasteiger partial charge in [-0.3, -0.25) is 42.9 Å². The summed E-state index contributed by atoms with van der Waals surface area (Å²) in [6, 6.07) is 18.7. The number of fused-ring (bicyclic) bond motifs is 2. The molecule has 10 rings (SSSR count). The van der Waals surface area contributed by atoms with Gasteiger partial charge in [-0.05, 0) is 145 Å². The molecule has 2 saturated carbocycles. The molecule has 8 N–H and O–H groups in total. The Morgan fingerprint density at radius 3 is 1.63 bits per heavy atom. The lowest BCUT2D eigenvalue weighted by atomic mass is 10.1. The highest BCUT2D eigenvalue weighted by atomic mass is 35.5. The highest BCUT2D eigenvalue weighted by Crippen LogP contribution is 2.30. The summed E-state index contributed by atoms with van der Waals surface area (Å²) in [5.74, 6) is -5.46. The van der Waals surface area contributed by atoms with E-state index in [0.29, 0.717) is 35.2 Å². The Bertz CT molecular complexity index is 3730. The lowest BCUT2D eigenvalue weighted by Crippen LogP contribution is -2.48. The van der Waals surface area contributed by atoms with Crippen LogP contribution in [0.2, 0.25) is 10.0 Å². The number of amides is 9. The molecule has 2 aliphatic heterocycles. The van der Waals surface area contributed by atoms with E-state index in [-0.39, 0.29) is 113 Å². The minimum atomic E-state index is -0.878. The van der Waals surface area contributed by atoms with Crippen LogP contribution in [-0.4, -0.2) is 183 Å². The number of likely N-dealkylation sites (tertiary alicyclic amines) is 1. The van der Waals surface area contributed by atoms with Gasteiger partial charge < -0.3 is 57.2 Å². The van der Waals surface area contributed by atoms with Crippen molar-refractivity contribution in [2.45, 2.75) is 102 Å². The monoisotopic (exact) mass is 1280 g/mol. The number of piperidine rings is 2. The Labute approximate surface area is 527 Å². The van der Waals surface area contributed by atoms with Crippen molar-refractivity contribution in [3.8, 4) is 0 Å². The lowest BCUT2D eigenvalue weighted by molar-refractivity contribution is -0.137. The van der Waals surface area contributed by atoms with Gasteiger partial charge in [0.15, 0.2) is 11.4 Å². The predicted octanol–water partition coefficient (Wildman–Crippen LogP) is 5.78. The maximum Gasteiger partial charge on any atom is 0.321 e. The maximum absolute atomic E-state index is 14.2. The molecule has 30 heteroatoms. The number of nitrogens with two attached hydrogens (primary N) is 2. The molecular weight excluding hydrogens is 1210 g/mol. The van der Waals surface area contributed by atoms with Crippen molar-refractivity contribution < 1.29 is 47.1 Å². The van der Waals surface area contributed by atoms with Crippen molar-refractivity contribution in [1.29, 1.82) is 0 Å². The van der Waals surface area contributed by atoms with Gasteiger partial charge in [0.25, 0.3) is 11.8 Å². The summed E-state index contributed by atoms with van der Waals surface area (Å²) >= 11 is 11.6. The first-order chi connectivity index (χ1) is 43.0. The van der Waals surface area contributed by atoms with E-state index in [2.05, 4.69) is 65.4 Å². The number of hydrogen-bond donors (Lipinski definition) is 6. The molecule has 0 bridgehead atoms. The first-order valence-electron chi connectivity index (χ1n) is 29.3.